The predicted molar refractivity (Wildman–Crippen MR) is 113 cm³/mol. The number of hydrogen-bond acceptors (Lipinski definition) is 4. The van der Waals surface area contributed by atoms with Crippen LogP contribution in [0.5, 0.6) is 0 Å². The Bertz CT molecular complexity index is 1020. The Morgan fingerprint density at radius 2 is 1.90 bits per heavy atom. The van der Waals surface area contributed by atoms with Crippen molar-refractivity contribution in [3.8, 4) is 11.8 Å². The molecule has 0 bridgehead atoms. The van der Waals surface area contributed by atoms with E-state index in [0.29, 0.717) is 10.6 Å². The Kier molecular flexibility index (Phi) is 6.08. The number of fused-ring (bicyclic) bond motifs is 1. The highest BCUT2D eigenvalue weighted by Crippen LogP contribution is 2.26. The maximum atomic E-state index is 13.0. The first-order valence-corrected chi connectivity index (χ1v) is 10.4. The SMILES string of the molecule is O=C(OCC#Cc1ccc(Cl)cc1)C1CC(O)CN1C(=O)c1ccc2c(c1)CCC2. The Labute approximate surface area is 180 Å². The molecule has 1 N–H and O–H groups in total. The molecule has 5 nitrogen and oxygen atoms in total. The molecule has 2 atom stereocenters. The topological polar surface area (TPSA) is 66.8 Å². The summed E-state index contributed by atoms with van der Waals surface area (Å²) in [7, 11) is 0. The van der Waals surface area contributed by atoms with Gasteiger partial charge in [-0.3, -0.25) is 4.79 Å². The average Bonchev–Trinajstić information content (AvgIpc) is 3.37. The summed E-state index contributed by atoms with van der Waals surface area (Å²) in [5.41, 5.74) is 3.78. The largest absolute Gasteiger partial charge is 0.451 e. The van der Waals surface area contributed by atoms with E-state index in [1.54, 1.807) is 30.3 Å². The molecule has 1 fully saturated rings. The van der Waals surface area contributed by atoms with Gasteiger partial charge in [0.25, 0.3) is 5.91 Å². The molecule has 0 saturated carbocycles. The second-order valence-corrected chi connectivity index (χ2v) is 8.05. The van der Waals surface area contributed by atoms with Gasteiger partial charge in [0, 0.05) is 29.1 Å². The molecule has 1 aliphatic carbocycles. The number of benzene rings is 2. The monoisotopic (exact) mass is 423 g/mol. The standard InChI is InChI=1S/C24H22ClNO4/c25-20-10-6-16(7-11-20)3-2-12-30-24(29)22-14-21(27)15-26(22)23(28)19-9-8-17-4-1-5-18(17)13-19/h6-11,13,21-22,27H,1,4-5,12,14-15H2. The number of esters is 1. The molecule has 1 heterocycles. The van der Waals surface area contributed by atoms with Gasteiger partial charge >= 0.3 is 5.97 Å². The summed E-state index contributed by atoms with van der Waals surface area (Å²) in [4.78, 5) is 27.0. The summed E-state index contributed by atoms with van der Waals surface area (Å²) < 4.78 is 5.27. The van der Waals surface area contributed by atoms with Crippen LogP contribution in [0, 0.1) is 11.8 Å². The number of β-amino-alcohol motifs (C(OH)–C–C–N with tert-alkyl or cyclic N) is 1. The molecule has 2 aliphatic rings. The second-order valence-electron chi connectivity index (χ2n) is 7.62. The van der Waals surface area contributed by atoms with Crippen LogP contribution in [0.1, 0.15) is 39.9 Å². The number of hydrogen-bond donors (Lipinski definition) is 1. The minimum atomic E-state index is -0.807. The fourth-order valence-corrected chi connectivity index (χ4v) is 4.13. The Morgan fingerprint density at radius 3 is 2.70 bits per heavy atom. The number of carbonyl (C=O) groups is 2. The van der Waals surface area contributed by atoms with Crippen molar-refractivity contribution in [3.63, 3.8) is 0 Å². The van der Waals surface area contributed by atoms with E-state index >= 15 is 0 Å². The van der Waals surface area contributed by atoms with Crippen LogP contribution in [0.3, 0.4) is 0 Å². The first-order valence-electron chi connectivity index (χ1n) is 10.0. The first-order chi connectivity index (χ1) is 14.5. The van der Waals surface area contributed by atoms with Crippen molar-refractivity contribution in [2.24, 2.45) is 0 Å². The van der Waals surface area contributed by atoms with Gasteiger partial charge in [0.1, 0.15) is 6.04 Å². The predicted octanol–water partition coefficient (Wildman–Crippen LogP) is 3.00. The van der Waals surface area contributed by atoms with Gasteiger partial charge in [-0.25, -0.2) is 4.79 Å². The second kappa shape index (κ2) is 8.91. The number of likely N-dealkylation sites (tertiary alicyclic amines) is 1. The summed E-state index contributed by atoms with van der Waals surface area (Å²) in [6.07, 6.45) is 2.53. The number of ether oxygens (including phenoxy) is 1. The van der Waals surface area contributed by atoms with Crippen molar-refractivity contribution in [3.05, 3.63) is 69.7 Å². The Morgan fingerprint density at radius 1 is 1.13 bits per heavy atom. The molecule has 30 heavy (non-hydrogen) atoms. The smallest absolute Gasteiger partial charge is 0.329 e. The van der Waals surface area contributed by atoms with E-state index in [-0.39, 0.29) is 25.5 Å². The van der Waals surface area contributed by atoms with Crippen LogP contribution in [0.4, 0.5) is 0 Å². The minimum absolute atomic E-state index is 0.0884. The lowest BCUT2D eigenvalue weighted by Crippen LogP contribution is -2.41. The van der Waals surface area contributed by atoms with Gasteiger partial charge in [-0.15, -0.1) is 0 Å². The van der Waals surface area contributed by atoms with E-state index < -0.39 is 18.1 Å². The zero-order chi connectivity index (χ0) is 21.1. The maximum Gasteiger partial charge on any atom is 0.329 e. The van der Waals surface area contributed by atoms with Gasteiger partial charge < -0.3 is 14.7 Å². The van der Waals surface area contributed by atoms with Crippen LogP contribution in [0.2, 0.25) is 5.02 Å². The zero-order valence-electron chi connectivity index (χ0n) is 16.4. The Balaban J connectivity index is 1.40. The van der Waals surface area contributed by atoms with Gasteiger partial charge in [0.15, 0.2) is 6.61 Å². The summed E-state index contributed by atoms with van der Waals surface area (Å²) in [5.74, 6) is 4.88. The number of aliphatic hydroxyl groups is 1. The normalized spacial score (nSPS) is 19.7. The highest BCUT2D eigenvalue weighted by atomic mass is 35.5. The molecule has 4 rings (SSSR count). The third-order valence-electron chi connectivity index (χ3n) is 5.52. The number of nitrogens with zero attached hydrogens (tertiary/aromatic N) is 1. The molecule has 1 aliphatic heterocycles. The number of rotatable bonds is 3. The summed E-state index contributed by atoms with van der Waals surface area (Å²) in [6.45, 7) is 0.0288. The van der Waals surface area contributed by atoms with E-state index in [1.807, 2.05) is 12.1 Å². The number of halogens is 1. The fourth-order valence-electron chi connectivity index (χ4n) is 4.01. The van der Waals surface area contributed by atoms with E-state index in [2.05, 4.69) is 11.8 Å². The van der Waals surface area contributed by atoms with Crippen molar-refractivity contribution in [2.75, 3.05) is 13.2 Å². The maximum absolute atomic E-state index is 13.0. The summed E-state index contributed by atoms with van der Waals surface area (Å²) in [6, 6.07) is 11.9. The van der Waals surface area contributed by atoms with Crippen LogP contribution in [-0.2, 0) is 22.4 Å². The lowest BCUT2D eigenvalue weighted by Gasteiger charge is -2.23. The summed E-state index contributed by atoms with van der Waals surface area (Å²) >= 11 is 5.84. The summed E-state index contributed by atoms with van der Waals surface area (Å²) in [5, 5.41) is 10.7. The van der Waals surface area contributed by atoms with E-state index in [0.717, 1.165) is 24.8 Å². The van der Waals surface area contributed by atoms with Crippen molar-refractivity contribution < 1.29 is 19.4 Å². The molecule has 2 aromatic rings. The molecule has 2 unspecified atom stereocenters. The zero-order valence-corrected chi connectivity index (χ0v) is 17.2. The van der Waals surface area contributed by atoms with Gasteiger partial charge in [0.2, 0.25) is 0 Å². The molecule has 0 aromatic heterocycles. The van der Waals surface area contributed by atoms with Crippen LogP contribution < -0.4 is 0 Å². The van der Waals surface area contributed by atoms with Crippen LogP contribution in [0.25, 0.3) is 0 Å². The quantitative estimate of drug-likeness (QED) is 0.608. The van der Waals surface area contributed by atoms with Gasteiger partial charge in [-0.05, 0) is 66.8 Å². The van der Waals surface area contributed by atoms with Crippen molar-refractivity contribution in [1.82, 2.24) is 4.90 Å². The molecular weight excluding hydrogens is 402 g/mol. The molecule has 2 aromatic carbocycles. The van der Waals surface area contributed by atoms with Crippen LogP contribution in [-0.4, -0.2) is 47.2 Å². The highest BCUT2D eigenvalue weighted by molar-refractivity contribution is 6.30. The third-order valence-corrected chi connectivity index (χ3v) is 5.77. The molecule has 0 radical (unpaired) electrons. The van der Waals surface area contributed by atoms with Crippen molar-refractivity contribution >= 4 is 23.5 Å². The van der Waals surface area contributed by atoms with Crippen LogP contribution in [0.15, 0.2) is 42.5 Å². The molecule has 154 valence electrons. The number of aliphatic hydroxyl groups excluding tert-OH is 1. The lowest BCUT2D eigenvalue weighted by atomic mass is 10.1. The van der Waals surface area contributed by atoms with Crippen molar-refractivity contribution in [1.29, 1.82) is 0 Å². The van der Waals surface area contributed by atoms with Gasteiger partial charge in [-0.1, -0.05) is 29.5 Å². The fraction of sp³-hybridized carbons (Fsp3) is 0.333. The van der Waals surface area contributed by atoms with E-state index in [9.17, 15) is 14.7 Å². The Hall–Kier alpha value is -2.81. The molecule has 0 spiro atoms. The average molecular weight is 424 g/mol. The van der Waals surface area contributed by atoms with Gasteiger partial charge in [0.05, 0.1) is 6.10 Å². The number of carbonyl (C=O) groups excluding carboxylic acids is 2. The van der Waals surface area contributed by atoms with E-state index in [4.69, 9.17) is 16.3 Å². The van der Waals surface area contributed by atoms with E-state index in [1.165, 1.54) is 16.0 Å². The first kappa shape index (κ1) is 20.5. The molecule has 6 heteroatoms. The van der Waals surface area contributed by atoms with Crippen LogP contribution >= 0.6 is 11.6 Å². The minimum Gasteiger partial charge on any atom is -0.451 e. The third kappa shape index (κ3) is 4.51. The highest BCUT2D eigenvalue weighted by Gasteiger charge is 2.40. The lowest BCUT2D eigenvalue weighted by molar-refractivity contribution is -0.146. The molecule has 1 amide bonds. The molecule has 1 saturated heterocycles. The molecular formula is C24H22ClNO4. The van der Waals surface area contributed by atoms with Crippen molar-refractivity contribution in [2.45, 2.75) is 37.8 Å². The number of aryl methyl sites for hydroxylation is 2. The number of amides is 1. The van der Waals surface area contributed by atoms with Gasteiger partial charge in [-0.2, -0.15) is 0 Å².